The molecule has 2 saturated carbocycles. The highest BCUT2D eigenvalue weighted by atomic mass is 16.6. The number of amides is 1. The van der Waals surface area contributed by atoms with Gasteiger partial charge in [-0.05, 0) is 76.3 Å². The van der Waals surface area contributed by atoms with Crippen molar-refractivity contribution in [1.29, 1.82) is 0 Å². The van der Waals surface area contributed by atoms with E-state index in [0.29, 0.717) is 31.7 Å². The van der Waals surface area contributed by atoms with Gasteiger partial charge in [-0.15, -0.1) is 0 Å². The molecule has 0 spiro atoms. The predicted octanol–water partition coefficient (Wildman–Crippen LogP) is 2.56. The van der Waals surface area contributed by atoms with E-state index in [4.69, 9.17) is 14.2 Å². The molecule has 35 heavy (non-hydrogen) atoms. The first-order valence-corrected chi connectivity index (χ1v) is 13.2. The van der Waals surface area contributed by atoms with Crippen molar-refractivity contribution in [3.8, 4) is 0 Å². The molecule has 0 bridgehead atoms. The highest BCUT2D eigenvalue weighted by Crippen LogP contribution is 2.66. The standard InChI is InChI=1S/C27H40N2O6/c1-17(30)34-22-7-9-25(2)20(27(22,4)24(32)29-13-11-28(5)12-14-29)6-10-26(3)21(25)16-19(35-26)18-8-15-33-23(18)31/h8,19-22H,6-7,9-16H2,1-5H3/t19-,20-,21-,22+,25+,26+,27-/m0/s1. The van der Waals surface area contributed by atoms with E-state index < -0.39 is 11.5 Å². The van der Waals surface area contributed by atoms with Crippen LogP contribution in [0, 0.1) is 22.7 Å². The number of esters is 2. The van der Waals surface area contributed by atoms with Gasteiger partial charge >= 0.3 is 11.9 Å². The van der Waals surface area contributed by atoms with Crippen molar-refractivity contribution in [2.75, 3.05) is 39.8 Å². The lowest BCUT2D eigenvalue weighted by atomic mass is 9.44. The van der Waals surface area contributed by atoms with Crippen molar-refractivity contribution in [2.45, 2.75) is 77.6 Å². The summed E-state index contributed by atoms with van der Waals surface area (Å²) in [5.74, 6) is -0.217. The lowest BCUT2D eigenvalue weighted by molar-refractivity contribution is -0.209. The average Bonchev–Trinajstić information content (AvgIpc) is 3.39. The number of likely N-dealkylation sites (N-methyl/N-ethyl adjacent to an activating group) is 1. The van der Waals surface area contributed by atoms with Crippen LogP contribution in [0.3, 0.4) is 0 Å². The van der Waals surface area contributed by atoms with Crippen molar-refractivity contribution in [1.82, 2.24) is 9.80 Å². The van der Waals surface area contributed by atoms with Crippen LogP contribution in [0.5, 0.6) is 0 Å². The maximum Gasteiger partial charge on any atom is 0.336 e. The van der Waals surface area contributed by atoms with Crippen LogP contribution in [-0.2, 0) is 28.6 Å². The second-order valence-electron chi connectivity index (χ2n) is 12.1. The number of carbonyl (C=O) groups is 3. The molecule has 5 rings (SSSR count). The predicted molar refractivity (Wildman–Crippen MR) is 128 cm³/mol. The lowest BCUT2D eigenvalue weighted by Gasteiger charge is -2.62. The molecule has 8 heteroatoms. The Morgan fingerprint density at radius 3 is 2.40 bits per heavy atom. The number of cyclic esters (lactones) is 1. The van der Waals surface area contributed by atoms with Gasteiger partial charge in [0.2, 0.25) is 5.91 Å². The molecule has 8 nitrogen and oxygen atoms in total. The van der Waals surface area contributed by atoms with E-state index in [1.807, 2.05) is 11.0 Å². The molecule has 0 unspecified atom stereocenters. The minimum absolute atomic E-state index is 0.0604. The van der Waals surface area contributed by atoms with E-state index in [9.17, 15) is 14.4 Å². The van der Waals surface area contributed by atoms with Gasteiger partial charge in [-0.3, -0.25) is 9.59 Å². The molecule has 0 aromatic rings. The van der Waals surface area contributed by atoms with Gasteiger partial charge in [-0.2, -0.15) is 0 Å². The van der Waals surface area contributed by atoms with Crippen molar-refractivity contribution >= 4 is 17.8 Å². The van der Waals surface area contributed by atoms with Gasteiger partial charge in [0.05, 0.1) is 22.7 Å². The molecule has 5 aliphatic rings. The van der Waals surface area contributed by atoms with Crippen LogP contribution >= 0.6 is 0 Å². The van der Waals surface area contributed by atoms with Crippen LogP contribution < -0.4 is 0 Å². The molecule has 4 fully saturated rings. The maximum atomic E-state index is 14.3. The summed E-state index contributed by atoms with van der Waals surface area (Å²) in [5.41, 5.74) is -0.672. The number of carbonyl (C=O) groups excluding carboxylic acids is 3. The Kier molecular flexibility index (Phi) is 6.07. The Bertz CT molecular complexity index is 942. The molecule has 0 aromatic carbocycles. The highest BCUT2D eigenvalue weighted by Gasteiger charge is 2.68. The van der Waals surface area contributed by atoms with Crippen molar-refractivity contribution in [3.63, 3.8) is 0 Å². The van der Waals surface area contributed by atoms with Crippen LogP contribution in [0.25, 0.3) is 0 Å². The summed E-state index contributed by atoms with van der Waals surface area (Å²) in [6.45, 7) is 11.4. The third-order valence-corrected chi connectivity index (χ3v) is 10.1. The molecule has 194 valence electrons. The summed E-state index contributed by atoms with van der Waals surface area (Å²) in [4.78, 5) is 42.9. The van der Waals surface area contributed by atoms with Gasteiger partial charge < -0.3 is 24.0 Å². The number of nitrogens with zero attached hydrogens (tertiary/aromatic N) is 2. The Morgan fingerprint density at radius 2 is 1.77 bits per heavy atom. The summed E-state index contributed by atoms with van der Waals surface area (Å²) in [7, 11) is 2.08. The van der Waals surface area contributed by atoms with E-state index in [0.717, 1.165) is 38.8 Å². The molecular weight excluding hydrogens is 448 g/mol. The third-order valence-electron chi connectivity index (χ3n) is 10.1. The van der Waals surface area contributed by atoms with E-state index in [1.165, 1.54) is 6.92 Å². The minimum Gasteiger partial charge on any atom is -0.461 e. The highest BCUT2D eigenvalue weighted by molar-refractivity contribution is 5.91. The lowest BCUT2D eigenvalue weighted by Crippen LogP contribution is -2.66. The molecule has 3 aliphatic heterocycles. The van der Waals surface area contributed by atoms with E-state index >= 15 is 0 Å². The Morgan fingerprint density at radius 1 is 1.06 bits per heavy atom. The molecule has 0 radical (unpaired) electrons. The Labute approximate surface area is 208 Å². The summed E-state index contributed by atoms with van der Waals surface area (Å²) < 4.78 is 17.7. The summed E-state index contributed by atoms with van der Waals surface area (Å²) >= 11 is 0. The van der Waals surface area contributed by atoms with Crippen LogP contribution in [0.15, 0.2) is 11.6 Å². The van der Waals surface area contributed by atoms with Gasteiger partial charge in [0.15, 0.2) is 0 Å². The zero-order valence-electron chi connectivity index (χ0n) is 21.8. The quantitative estimate of drug-likeness (QED) is 0.565. The summed E-state index contributed by atoms with van der Waals surface area (Å²) in [6, 6.07) is 0. The first-order chi connectivity index (χ1) is 16.5. The number of ether oxygens (including phenoxy) is 3. The topological polar surface area (TPSA) is 85.4 Å². The molecule has 1 amide bonds. The zero-order valence-corrected chi connectivity index (χ0v) is 21.8. The fraction of sp³-hybridized carbons (Fsp3) is 0.815. The number of fused-ring (bicyclic) bond motifs is 3. The normalized spacial score (nSPS) is 43.7. The second kappa shape index (κ2) is 8.58. The van der Waals surface area contributed by atoms with Crippen LogP contribution in [0.4, 0.5) is 0 Å². The molecule has 0 aromatic heterocycles. The molecule has 2 aliphatic carbocycles. The minimum atomic E-state index is -0.792. The van der Waals surface area contributed by atoms with E-state index in [2.05, 4.69) is 32.7 Å². The number of hydrogen-bond acceptors (Lipinski definition) is 7. The molecule has 7 atom stereocenters. The van der Waals surface area contributed by atoms with Crippen molar-refractivity contribution < 1.29 is 28.6 Å². The zero-order chi connectivity index (χ0) is 25.2. The van der Waals surface area contributed by atoms with E-state index in [1.54, 1.807) is 0 Å². The summed E-state index contributed by atoms with van der Waals surface area (Å²) in [6.07, 6.45) is 5.07. The molecular formula is C27H40N2O6. The van der Waals surface area contributed by atoms with Crippen molar-refractivity contribution in [2.24, 2.45) is 22.7 Å². The Hall–Kier alpha value is -1.93. The number of piperazine rings is 1. The van der Waals surface area contributed by atoms with Crippen LogP contribution in [-0.4, -0.2) is 85.3 Å². The monoisotopic (exact) mass is 488 g/mol. The first kappa shape index (κ1) is 24.8. The smallest absolute Gasteiger partial charge is 0.336 e. The molecule has 0 N–H and O–H groups in total. The SMILES string of the molecule is CC(=O)O[C@@H]1CC[C@]2(C)[C@H](CC[C@@]3(C)O[C@H](C4=CCOC4=O)C[C@@H]23)[C@]1(C)C(=O)N1CCN(C)CC1. The van der Waals surface area contributed by atoms with Gasteiger partial charge in [0.25, 0.3) is 0 Å². The van der Waals surface area contributed by atoms with Gasteiger partial charge in [0.1, 0.15) is 12.7 Å². The van der Waals surface area contributed by atoms with Crippen LogP contribution in [0.1, 0.15) is 59.8 Å². The number of rotatable bonds is 3. The molecule has 3 heterocycles. The van der Waals surface area contributed by atoms with Gasteiger partial charge in [-0.25, -0.2) is 4.79 Å². The Balaban J connectivity index is 1.48. The fourth-order valence-corrected chi connectivity index (χ4v) is 8.27. The van der Waals surface area contributed by atoms with Crippen LogP contribution in [0.2, 0.25) is 0 Å². The van der Waals surface area contributed by atoms with Gasteiger partial charge in [-0.1, -0.05) is 6.92 Å². The van der Waals surface area contributed by atoms with Crippen molar-refractivity contribution in [3.05, 3.63) is 11.6 Å². The maximum absolute atomic E-state index is 14.3. The largest absolute Gasteiger partial charge is 0.461 e. The first-order valence-electron chi connectivity index (χ1n) is 13.2. The second-order valence-corrected chi connectivity index (χ2v) is 12.1. The third kappa shape index (κ3) is 3.82. The summed E-state index contributed by atoms with van der Waals surface area (Å²) in [5, 5.41) is 0. The number of hydrogen-bond donors (Lipinski definition) is 0. The fourth-order valence-electron chi connectivity index (χ4n) is 8.27. The van der Waals surface area contributed by atoms with E-state index in [-0.39, 0.29) is 46.8 Å². The average molecular weight is 489 g/mol. The molecule has 2 saturated heterocycles. The van der Waals surface area contributed by atoms with Gasteiger partial charge in [0, 0.05) is 33.1 Å².